The number of benzene rings is 2. The van der Waals surface area contributed by atoms with Crippen LogP contribution in [0.4, 0.5) is 18.9 Å². The highest BCUT2D eigenvalue weighted by Gasteiger charge is 2.32. The molecule has 2 nitrogen and oxygen atoms in total. The Balaban J connectivity index is 2.06. The summed E-state index contributed by atoms with van der Waals surface area (Å²) in [4.78, 5) is 0. The second kappa shape index (κ2) is 6.52. The summed E-state index contributed by atoms with van der Waals surface area (Å²) in [5, 5.41) is 2.99. The van der Waals surface area contributed by atoms with E-state index in [0.717, 1.165) is 17.5 Å². The predicted octanol–water partition coefficient (Wildman–Crippen LogP) is 4.72. The average Bonchev–Trinajstić information content (AvgIpc) is 2.46. The zero-order valence-electron chi connectivity index (χ0n) is 11.6. The Bertz CT molecular complexity index is 579. The molecular formula is C16H16F3NO. The van der Waals surface area contributed by atoms with Gasteiger partial charge in [-0.1, -0.05) is 18.2 Å². The van der Waals surface area contributed by atoms with Crippen molar-refractivity contribution < 1.29 is 17.9 Å². The van der Waals surface area contributed by atoms with E-state index in [1.165, 1.54) is 12.1 Å². The molecule has 0 spiro atoms. The van der Waals surface area contributed by atoms with Crippen LogP contribution in [0.3, 0.4) is 0 Å². The first kappa shape index (κ1) is 15.2. The minimum Gasteiger partial charge on any atom is -0.494 e. The molecule has 0 aliphatic rings. The monoisotopic (exact) mass is 295 g/mol. The maximum atomic E-state index is 12.9. The van der Waals surface area contributed by atoms with Gasteiger partial charge >= 0.3 is 6.18 Å². The predicted molar refractivity (Wildman–Crippen MR) is 76.4 cm³/mol. The number of hydrogen-bond acceptors (Lipinski definition) is 2. The molecule has 0 unspecified atom stereocenters. The van der Waals surface area contributed by atoms with Crippen LogP contribution in [0.15, 0.2) is 48.5 Å². The summed E-state index contributed by atoms with van der Waals surface area (Å²) in [5.41, 5.74) is 0.359. The minimum absolute atomic E-state index is 0.115. The van der Waals surface area contributed by atoms with E-state index in [2.05, 4.69) is 5.32 Å². The first-order valence-corrected chi connectivity index (χ1v) is 6.62. The van der Waals surface area contributed by atoms with Gasteiger partial charge in [-0.15, -0.1) is 0 Å². The Morgan fingerprint density at radius 1 is 1.00 bits per heavy atom. The zero-order chi connectivity index (χ0) is 15.3. The number of anilines is 1. The van der Waals surface area contributed by atoms with Gasteiger partial charge in [0.2, 0.25) is 0 Å². The van der Waals surface area contributed by atoms with Crippen LogP contribution >= 0.6 is 0 Å². The van der Waals surface area contributed by atoms with Gasteiger partial charge in [0.1, 0.15) is 5.75 Å². The van der Waals surface area contributed by atoms with Crippen molar-refractivity contribution in [1.29, 1.82) is 0 Å². The zero-order valence-corrected chi connectivity index (χ0v) is 11.6. The molecule has 0 aliphatic carbocycles. The van der Waals surface area contributed by atoms with Crippen molar-refractivity contribution in [3.05, 3.63) is 59.7 Å². The molecule has 0 fully saturated rings. The molecule has 0 saturated heterocycles. The Labute approximate surface area is 121 Å². The third-order valence-electron chi connectivity index (χ3n) is 2.97. The van der Waals surface area contributed by atoms with Gasteiger partial charge in [0, 0.05) is 12.2 Å². The number of ether oxygens (including phenoxy) is 1. The lowest BCUT2D eigenvalue weighted by atomic mass is 10.1. The topological polar surface area (TPSA) is 21.3 Å². The lowest BCUT2D eigenvalue weighted by molar-refractivity contribution is -0.138. The van der Waals surface area contributed by atoms with Crippen molar-refractivity contribution in [2.45, 2.75) is 19.6 Å². The molecule has 0 aromatic heterocycles. The molecule has 21 heavy (non-hydrogen) atoms. The highest BCUT2D eigenvalue weighted by Crippen LogP contribution is 2.32. The van der Waals surface area contributed by atoms with Crippen molar-refractivity contribution in [3.8, 4) is 5.75 Å². The van der Waals surface area contributed by atoms with Crippen LogP contribution in [-0.4, -0.2) is 6.61 Å². The van der Waals surface area contributed by atoms with E-state index in [1.54, 1.807) is 30.3 Å². The van der Waals surface area contributed by atoms with Gasteiger partial charge in [-0.2, -0.15) is 13.2 Å². The summed E-state index contributed by atoms with van der Waals surface area (Å²) in [5.74, 6) is 0.735. The second-order valence-electron chi connectivity index (χ2n) is 4.47. The highest BCUT2D eigenvalue weighted by atomic mass is 19.4. The summed E-state index contributed by atoms with van der Waals surface area (Å²) < 4.78 is 43.9. The van der Waals surface area contributed by atoms with Crippen LogP contribution in [0.2, 0.25) is 0 Å². The Morgan fingerprint density at radius 3 is 2.29 bits per heavy atom. The normalized spacial score (nSPS) is 11.2. The number of alkyl halides is 3. The fourth-order valence-corrected chi connectivity index (χ4v) is 1.98. The number of hydrogen-bond donors (Lipinski definition) is 1. The average molecular weight is 295 g/mol. The molecule has 5 heteroatoms. The Hall–Kier alpha value is -2.17. The minimum atomic E-state index is -4.34. The van der Waals surface area contributed by atoms with Crippen LogP contribution in [0, 0.1) is 0 Å². The quantitative estimate of drug-likeness (QED) is 0.862. The molecule has 2 aromatic carbocycles. The molecule has 0 amide bonds. The van der Waals surface area contributed by atoms with Gasteiger partial charge in [0.25, 0.3) is 0 Å². The van der Waals surface area contributed by atoms with E-state index in [4.69, 9.17) is 4.74 Å². The molecular weight excluding hydrogens is 279 g/mol. The number of nitrogens with one attached hydrogen (secondary N) is 1. The van der Waals surface area contributed by atoms with E-state index in [-0.39, 0.29) is 12.1 Å². The molecule has 0 radical (unpaired) electrons. The molecule has 0 bridgehead atoms. The lowest BCUT2D eigenvalue weighted by Gasteiger charge is -2.14. The largest absolute Gasteiger partial charge is 0.494 e. The van der Waals surface area contributed by atoms with E-state index in [9.17, 15) is 13.2 Å². The molecule has 0 saturated carbocycles. The summed E-state index contributed by atoms with van der Waals surface area (Å²) in [6.45, 7) is 2.58. The molecule has 0 atom stereocenters. The van der Waals surface area contributed by atoms with Crippen LogP contribution in [-0.2, 0) is 12.7 Å². The van der Waals surface area contributed by atoms with Gasteiger partial charge in [-0.25, -0.2) is 0 Å². The molecule has 0 aliphatic heterocycles. The second-order valence-corrected chi connectivity index (χ2v) is 4.47. The van der Waals surface area contributed by atoms with Gasteiger partial charge < -0.3 is 10.1 Å². The van der Waals surface area contributed by atoms with Crippen LogP contribution in [0.5, 0.6) is 5.75 Å². The third-order valence-corrected chi connectivity index (χ3v) is 2.97. The Kier molecular flexibility index (Phi) is 4.73. The SMILES string of the molecule is CCOc1ccc(NCc2ccccc2C(F)(F)F)cc1. The van der Waals surface area contributed by atoms with Crippen molar-refractivity contribution >= 4 is 5.69 Å². The highest BCUT2D eigenvalue weighted by molar-refractivity contribution is 5.47. The van der Waals surface area contributed by atoms with Crippen LogP contribution < -0.4 is 10.1 Å². The smallest absolute Gasteiger partial charge is 0.416 e. The fraction of sp³-hybridized carbons (Fsp3) is 0.250. The maximum Gasteiger partial charge on any atom is 0.416 e. The Morgan fingerprint density at radius 2 is 1.67 bits per heavy atom. The van der Waals surface area contributed by atoms with Gasteiger partial charge in [-0.05, 0) is 42.8 Å². The van der Waals surface area contributed by atoms with E-state index >= 15 is 0 Å². The first-order chi connectivity index (χ1) is 10.0. The molecule has 1 N–H and O–H groups in total. The van der Waals surface area contributed by atoms with Crippen molar-refractivity contribution in [3.63, 3.8) is 0 Å². The molecule has 2 rings (SSSR count). The van der Waals surface area contributed by atoms with E-state index < -0.39 is 11.7 Å². The maximum absolute atomic E-state index is 12.9. The first-order valence-electron chi connectivity index (χ1n) is 6.62. The van der Waals surface area contributed by atoms with E-state index in [0.29, 0.717) is 6.61 Å². The fourth-order valence-electron chi connectivity index (χ4n) is 1.98. The summed E-state index contributed by atoms with van der Waals surface area (Å²) in [6, 6.07) is 12.7. The van der Waals surface area contributed by atoms with Gasteiger partial charge in [0.15, 0.2) is 0 Å². The summed E-state index contributed by atoms with van der Waals surface area (Å²) >= 11 is 0. The molecule has 0 heterocycles. The van der Waals surface area contributed by atoms with Crippen molar-refractivity contribution in [1.82, 2.24) is 0 Å². The van der Waals surface area contributed by atoms with Crippen molar-refractivity contribution in [2.75, 3.05) is 11.9 Å². The summed E-state index contributed by atoms with van der Waals surface area (Å²) in [7, 11) is 0. The van der Waals surface area contributed by atoms with E-state index in [1.807, 2.05) is 6.92 Å². The molecule has 2 aromatic rings. The van der Waals surface area contributed by atoms with Gasteiger partial charge in [-0.3, -0.25) is 0 Å². The van der Waals surface area contributed by atoms with Crippen LogP contribution in [0.25, 0.3) is 0 Å². The number of halogens is 3. The standard InChI is InChI=1S/C16H16F3NO/c1-2-21-14-9-7-13(8-10-14)20-11-12-5-3-4-6-15(12)16(17,18)19/h3-10,20H,2,11H2,1H3. The van der Waals surface area contributed by atoms with Crippen LogP contribution in [0.1, 0.15) is 18.1 Å². The third kappa shape index (κ3) is 4.15. The summed E-state index contributed by atoms with van der Waals surface area (Å²) in [6.07, 6.45) is -4.34. The van der Waals surface area contributed by atoms with Gasteiger partial charge in [0.05, 0.1) is 12.2 Å². The molecule has 112 valence electrons. The lowest BCUT2D eigenvalue weighted by Crippen LogP contribution is -2.11. The number of rotatable bonds is 5. The van der Waals surface area contributed by atoms with Crippen molar-refractivity contribution in [2.24, 2.45) is 0 Å².